The number of hydrogen-bond acceptors (Lipinski definition) is 3. The fourth-order valence-corrected chi connectivity index (χ4v) is 1.44. The Balaban J connectivity index is 0.000000980. The van der Waals surface area contributed by atoms with E-state index >= 15 is 0 Å². The van der Waals surface area contributed by atoms with Crippen molar-refractivity contribution in [3.05, 3.63) is 29.9 Å². The molecule has 0 aliphatic carbocycles. The maximum Gasteiger partial charge on any atom is 0.125 e. The van der Waals surface area contributed by atoms with E-state index < -0.39 is 0 Å². The van der Waals surface area contributed by atoms with Crippen LogP contribution in [0.25, 0.3) is 5.57 Å². The Hall–Kier alpha value is -0.640. The van der Waals surface area contributed by atoms with Gasteiger partial charge in [0.1, 0.15) is 5.82 Å². The second kappa shape index (κ2) is 6.77. The second-order valence-corrected chi connectivity index (χ2v) is 3.20. The predicted molar refractivity (Wildman–Crippen MR) is 66.7 cm³/mol. The van der Waals surface area contributed by atoms with Crippen LogP contribution in [0.1, 0.15) is 17.8 Å². The van der Waals surface area contributed by atoms with Crippen LogP contribution in [0.15, 0.2) is 18.5 Å². The molecule has 3 nitrogen and oxygen atoms in total. The second-order valence-electron chi connectivity index (χ2n) is 3.20. The summed E-state index contributed by atoms with van der Waals surface area (Å²) >= 11 is 0. The molecular weight excluding hydrogens is 233 g/mol. The molecule has 0 unspecified atom stereocenters. The van der Waals surface area contributed by atoms with Crippen LogP contribution in [0.3, 0.4) is 0 Å². The average Bonchev–Trinajstić information content (AvgIpc) is 2.20. The van der Waals surface area contributed by atoms with Crippen LogP contribution >= 0.6 is 24.8 Å². The van der Waals surface area contributed by atoms with Gasteiger partial charge >= 0.3 is 0 Å². The Morgan fingerprint density at radius 2 is 1.87 bits per heavy atom. The van der Waals surface area contributed by atoms with Crippen molar-refractivity contribution < 1.29 is 0 Å². The van der Waals surface area contributed by atoms with Crippen molar-refractivity contribution in [2.24, 2.45) is 0 Å². The summed E-state index contributed by atoms with van der Waals surface area (Å²) in [7, 11) is 0. The van der Waals surface area contributed by atoms with Crippen LogP contribution in [0, 0.1) is 6.92 Å². The van der Waals surface area contributed by atoms with Gasteiger partial charge in [-0.25, -0.2) is 9.97 Å². The third-order valence-corrected chi connectivity index (χ3v) is 2.22. The van der Waals surface area contributed by atoms with Crippen molar-refractivity contribution in [3.63, 3.8) is 0 Å². The summed E-state index contributed by atoms with van der Waals surface area (Å²) in [6.07, 6.45) is 7.09. The molecule has 84 valence electrons. The molecular formula is C10H15Cl2N3. The number of halogens is 2. The summed E-state index contributed by atoms with van der Waals surface area (Å²) in [5, 5.41) is 3.28. The van der Waals surface area contributed by atoms with Crippen molar-refractivity contribution in [2.75, 3.05) is 13.1 Å². The Morgan fingerprint density at radius 1 is 1.20 bits per heavy atom. The lowest BCUT2D eigenvalue weighted by Gasteiger charge is -2.13. The molecule has 0 saturated heterocycles. The number of nitrogens with zero attached hydrogens (tertiary/aromatic N) is 2. The fraction of sp³-hybridized carbons (Fsp3) is 0.400. The quantitative estimate of drug-likeness (QED) is 0.826. The van der Waals surface area contributed by atoms with Crippen LogP contribution in [0.5, 0.6) is 0 Å². The predicted octanol–water partition coefficient (Wildman–Crippen LogP) is 2.01. The first-order chi connectivity index (χ1) is 6.36. The van der Waals surface area contributed by atoms with Gasteiger partial charge in [0.15, 0.2) is 0 Å². The molecule has 1 N–H and O–H groups in total. The van der Waals surface area contributed by atoms with Crippen molar-refractivity contribution in [1.82, 2.24) is 15.3 Å². The Labute approximate surface area is 102 Å². The van der Waals surface area contributed by atoms with Gasteiger partial charge in [-0.3, -0.25) is 0 Å². The van der Waals surface area contributed by atoms with E-state index in [4.69, 9.17) is 0 Å². The third kappa shape index (κ3) is 3.78. The number of hydrogen-bond donors (Lipinski definition) is 1. The highest BCUT2D eigenvalue weighted by Gasteiger charge is 2.05. The van der Waals surface area contributed by atoms with Crippen molar-refractivity contribution in [2.45, 2.75) is 13.3 Å². The Morgan fingerprint density at radius 3 is 2.40 bits per heavy atom. The summed E-state index contributed by atoms with van der Waals surface area (Å²) < 4.78 is 0. The summed E-state index contributed by atoms with van der Waals surface area (Å²) in [6.45, 7) is 3.92. The fourth-order valence-electron chi connectivity index (χ4n) is 1.44. The van der Waals surface area contributed by atoms with Gasteiger partial charge in [0.2, 0.25) is 0 Å². The zero-order chi connectivity index (χ0) is 9.10. The largest absolute Gasteiger partial charge is 0.313 e. The zero-order valence-corrected chi connectivity index (χ0v) is 10.2. The summed E-state index contributed by atoms with van der Waals surface area (Å²) in [5.74, 6) is 0.832. The number of aromatic nitrogens is 2. The van der Waals surface area contributed by atoms with E-state index in [9.17, 15) is 0 Å². The molecule has 0 spiro atoms. The first kappa shape index (κ1) is 14.4. The average molecular weight is 248 g/mol. The summed E-state index contributed by atoms with van der Waals surface area (Å²) in [5.41, 5.74) is 2.52. The summed E-state index contributed by atoms with van der Waals surface area (Å²) in [4.78, 5) is 8.36. The molecule has 0 saturated carbocycles. The van der Waals surface area contributed by atoms with Crippen LogP contribution in [-0.2, 0) is 0 Å². The van der Waals surface area contributed by atoms with E-state index in [-0.39, 0.29) is 24.8 Å². The minimum absolute atomic E-state index is 0. The molecule has 1 aliphatic rings. The maximum absolute atomic E-state index is 4.18. The molecule has 0 aromatic carbocycles. The van der Waals surface area contributed by atoms with E-state index in [0.29, 0.717) is 0 Å². The molecule has 0 radical (unpaired) electrons. The highest BCUT2D eigenvalue weighted by Crippen LogP contribution is 2.17. The van der Waals surface area contributed by atoms with Crippen LogP contribution in [-0.4, -0.2) is 23.1 Å². The molecule has 0 bridgehead atoms. The molecule has 1 aromatic rings. The van der Waals surface area contributed by atoms with Crippen molar-refractivity contribution in [3.8, 4) is 0 Å². The first-order valence-corrected chi connectivity index (χ1v) is 4.55. The SMILES string of the molecule is Cc1ncc(C2=CCNCC2)cn1.Cl.Cl. The standard InChI is InChI=1S/C10H13N3.2ClH/c1-8-12-6-10(7-13-8)9-2-4-11-5-3-9;;/h2,6-7,11H,3-5H2,1H3;2*1H. The van der Waals surface area contributed by atoms with Crippen LogP contribution in [0.2, 0.25) is 0 Å². The van der Waals surface area contributed by atoms with Crippen molar-refractivity contribution >= 4 is 30.4 Å². The van der Waals surface area contributed by atoms with Gasteiger partial charge in [-0.1, -0.05) is 6.08 Å². The number of nitrogens with one attached hydrogen (secondary N) is 1. The number of aryl methyl sites for hydroxylation is 1. The highest BCUT2D eigenvalue weighted by molar-refractivity contribution is 5.85. The zero-order valence-electron chi connectivity index (χ0n) is 8.56. The lowest BCUT2D eigenvalue weighted by molar-refractivity contribution is 0.738. The van der Waals surface area contributed by atoms with Gasteiger partial charge in [-0.15, -0.1) is 24.8 Å². The normalized spacial score (nSPS) is 14.6. The molecule has 0 amide bonds. The lowest BCUT2D eigenvalue weighted by atomic mass is 10.0. The Bertz CT molecular complexity index is 322. The first-order valence-electron chi connectivity index (χ1n) is 4.55. The molecule has 0 fully saturated rings. The van der Waals surface area contributed by atoms with E-state index in [0.717, 1.165) is 30.9 Å². The lowest BCUT2D eigenvalue weighted by Crippen LogP contribution is -2.20. The van der Waals surface area contributed by atoms with Gasteiger partial charge in [0.05, 0.1) is 0 Å². The van der Waals surface area contributed by atoms with Crippen LogP contribution in [0.4, 0.5) is 0 Å². The molecule has 2 rings (SSSR count). The minimum Gasteiger partial charge on any atom is -0.313 e. The van der Waals surface area contributed by atoms with E-state index in [1.165, 1.54) is 5.57 Å². The van der Waals surface area contributed by atoms with Crippen molar-refractivity contribution in [1.29, 1.82) is 0 Å². The van der Waals surface area contributed by atoms with E-state index in [1.54, 1.807) is 0 Å². The molecule has 15 heavy (non-hydrogen) atoms. The van der Waals surface area contributed by atoms with E-state index in [2.05, 4.69) is 21.4 Å². The Kier molecular flexibility index (Phi) is 6.48. The smallest absolute Gasteiger partial charge is 0.125 e. The van der Waals surface area contributed by atoms with Gasteiger partial charge in [-0.2, -0.15) is 0 Å². The highest BCUT2D eigenvalue weighted by atomic mass is 35.5. The van der Waals surface area contributed by atoms with Gasteiger partial charge in [-0.05, 0) is 25.5 Å². The topological polar surface area (TPSA) is 37.8 Å². The van der Waals surface area contributed by atoms with E-state index in [1.807, 2.05) is 19.3 Å². The maximum atomic E-state index is 4.18. The third-order valence-electron chi connectivity index (χ3n) is 2.22. The monoisotopic (exact) mass is 247 g/mol. The number of rotatable bonds is 1. The van der Waals surface area contributed by atoms with Gasteiger partial charge in [0.25, 0.3) is 0 Å². The molecule has 0 atom stereocenters. The molecule has 5 heteroatoms. The van der Waals surface area contributed by atoms with Crippen LogP contribution < -0.4 is 5.32 Å². The van der Waals surface area contributed by atoms with Gasteiger partial charge < -0.3 is 5.32 Å². The van der Waals surface area contributed by atoms with Gasteiger partial charge in [0, 0.05) is 24.5 Å². The summed E-state index contributed by atoms with van der Waals surface area (Å²) in [6, 6.07) is 0. The molecule has 1 aliphatic heterocycles. The minimum atomic E-state index is 0. The molecule has 2 heterocycles. The molecule has 1 aromatic heterocycles.